The molecule has 0 aliphatic carbocycles. The van der Waals surface area contributed by atoms with E-state index in [1.807, 2.05) is 38.1 Å². The molecule has 0 radical (unpaired) electrons. The number of ether oxygens (including phenoxy) is 2. The van der Waals surface area contributed by atoms with Gasteiger partial charge in [0.2, 0.25) is 0 Å². The molecule has 1 atom stereocenters. The molecular formula is C24H28N2O5. The van der Waals surface area contributed by atoms with E-state index in [0.29, 0.717) is 36.8 Å². The largest absolute Gasteiger partial charge is 0.507 e. The van der Waals surface area contributed by atoms with Crippen LogP contribution in [0.1, 0.15) is 24.1 Å². The molecule has 1 aliphatic rings. The number of Topliss-reactive ketones (excluding diaryl/α,β-unsaturated/α-hetero) is 1. The van der Waals surface area contributed by atoms with Crippen molar-refractivity contribution >= 4 is 17.4 Å². The van der Waals surface area contributed by atoms with Gasteiger partial charge in [0.25, 0.3) is 11.7 Å². The summed E-state index contributed by atoms with van der Waals surface area (Å²) in [4.78, 5) is 29.3. The number of methoxy groups -OCH3 is 1. The smallest absolute Gasteiger partial charge is 0.295 e. The zero-order chi connectivity index (χ0) is 22.5. The van der Waals surface area contributed by atoms with Gasteiger partial charge in [-0.15, -0.1) is 0 Å². The summed E-state index contributed by atoms with van der Waals surface area (Å²) in [7, 11) is 5.36. The molecule has 1 saturated heterocycles. The predicted molar refractivity (Wildman–Crippen MR) is 118 cm³/mol. The minimum Gasteiger partial charge on any atom is -0.507 e. The second-order valence-corrected chi connectivity index (χ2v) is 7.53. The number of amides is 1. The van der Waals surface area contributed by atoms with Crippen molar-refractivity contribution in [1.82, 2.24) is 9.80 Å². The van der Waals surface area contributed by atoms with E-state index in [1.165, 1.54) is 4.90 Å². The van der Waals surface area contributed by atoms with E-state index < -0.39 is 17.7 Å². The Balaban J connectivity index is 2.09. The Morgan fingerprint density at radius 3 is 2.19 bits per heavy atom. The highest BCUT2D eigenvalue weighted by molar-refractivity contribution is 6.46. The molecule has 1 aliphatic heterocycles. The lowest BCUT2D eigenvalue weighted by Gasteiger charge is -2.26. The number of hydrogen-bond donors (Lipinski definition) is 1. The zero-order valence-corrected chi connectivity index (χ0v) is 18.3. The molecule has 1 N–H and O–H groups in total. The quantitative estimate of drug-likeness (QED) is 0.399. The second kappa shape index (κ2) is 9.66. The van der Waals surface area contributed by atoms with Gasteiger partial charge in [0.05, 0.1) is 25.3 Å². The van der Waals surface area contributed by atoms with Crippen molar-refractivity contribution < 1.29 is 24.2 Å². The molecule has 7 heteroatoms. The molecular weight excluding hydrogens is 396 g/mol. The number of hydrogen-bond acceptors (Lipinski definition) is 6. The molecule has 2 aromatic carbocycles. The van der Waals surface area contributed by atoms with Crippen LogP contribution in [0.25, 0.3) is 5.76 Å². The van der Waals surface area contributed by atoms with Crippen molar-refractivity contribution in [3.05, 3.63) is 65.2 Å². The lowest BCUT2D eigenvalue weighted by molar-refractivity contribution is -0.140. The van der Waals surface area contributed by atoms with Gasteiger partial charge >= 0.3 is 0 Å². The number of aliphatic hydroxyl groups is 1. The van der Waals surface area contributed by atoms with Crippen LogP contribution in [0.2, 0.25) is 0 Å². The molecule has 1 fully saturated rings. The monoisotopic (exact) mass is 424 g/mol. The van der Waals surface area contributed by atoms with Crippen molar-refractivity contribution in [2.75, 3.05) is 40.9 Å². The molecule has 164 valence electrons. The first-order chi connectivity index (χ1) is 14.9. The summed E-state index contributed by atoms with van der Waals surface area (Å²) in [5.41, 5.74) is 1.26. The molecule has 7 nitrogen and oxygen atoms in total. The number of likely N-dealkylation sites (tertiary alicyclic amines) is 1. The minimum atomic E-state index is -0.689. The van der Waals surface area contributed by atoms with Crippen molar-refractivity contribution in [2.24, 2.45) is 0 Å². The Morgan fingerprint density at radius 1 is 1.03 bits per heavy atom. The standard InChI is InChI=1S/C24H28N2O5/c1-5-31-19-12-6-16(7-13-19)21-20(22(27)17-8-10-18(30-4)11-9-17)23(28)24(29)26(21)15-14-25(2)3/h6-13,21,27H,5,14-15H2,1-4H3/t21-/m1/s1. The number of nitrogens with zero attached hydrogens (tertiary/aromatic N) is 2. The van der Waals surface area contributed by atoms with Crippen LogP contribution in [-0.4, -0.2) is 67.5 Å². The number of likely N-dealkylation sites (N-methyl/N-ethyl adjacent to an activating group) is 1. The van der Waals surface area contributed by atoms with Crippen molar-refractivity contribution in [2.45, 2.75) is 13.0 Å². The summed E-state index contributed by atoms with van der Waals surface area (Å²) < 4.78 is 10.7. The summed E-state index contributed by atoms with van der Waals surface area (Å²) in [6.45, 7) is 3.38. The topological polar surface area (TPSA) is 79.3 Å². The number of rotatable bonds is 8. The molecule has 31 heavy (non-hydrogen) atoms. The van der Waals surface area contributed by atoms with Gasteiger partial charge < -0.3 is 24.4 Å². The van der Waals surface area contributed by atoms with Crippen LogP contribution < -0.4 is 9.47 Å². The fraction of sp³-hybridized carbons (Fsp3) is 0.333. The average molecular weight is 424 g/mol. The first kappa shape index (κ1) is 22.4. The molecule has 0 unspecified atom stereocenters. The van der Waals surface area contributed by atoms with Crippen LogP contribution >= 0.6 is 0 Å². The highest BCUT2D eigenvalue weighted by Crippen LogP contribution is 2.39. The number of ketones is 1. The fourth-order valence-corrected chi connectivity index (χ4v) is 3.58. The molecule has 3 rings (SSSR count). The van der Waals surface area contributed by atoms with Crippen LogP contribution in [0.4, 0.5) is 0 Å². The Labute approximate surface area is 182 Å². The number of carbonyl (C=O) groups is 2. The molecule has 0 bridgehead atoms. The fourth-order valence-electron chi connectivity index (χ4n) is 3.58. The molecule has 2 aromatic rings. The van der Waals surface area contributed by atoms with Crippen LogP contribution in [0, 0.1) is 0 Å². The number of benzene rings is 2. The Bertz CT molecular complexity index is 964. The Morgan fingerprint density at radius 2 is 1.65 bits per heavy atom. The van der Waals surface area contributed by atoms with Crippen molar-refractivity contribution in [3.63, 3.8) is 0 Å². The van der Waals surface area contributed by atoms with E-state index in [0.717, 1.165) is 5.56 Å². The maximum atomic E-state index is 13.0. The molecule has 0 saturated carbocycles. The lowest BCUT2D eigenvalue weighted by atomic mass is 9.95. The van der Waals surface area contributed by atoms with Gasteiger partial charge in [0, 0.05) is 18.7 Å². The molecule has 1 amide bonds. The maximum Gasteiger partial charge on any atom is 0.295 e. The highest BCUT2D eigenvalue weighted by Gasteiger charge is 2.45. The minimum absolute atomic E-state index is 0.0816. The summed E-state index contributed by atoms with van der Waals surface area (Å²) >= 11 is 0. The van der Waals surface area contributed by atoms with Gasteiger partial charge in [0.15, 0.2) is 0 Å². The van der Waals surface area contributed by atoms with E-state index in [2.05, 4.69) is 0 Å². The van der Waals surface area contributed by atoms with Gasteiger partial charge in [-0.3, -0.25) is 9.59 Å². The first-order valence-electron chi connectivity index (χ1n) is 10.2. The first-order valence-corrected chi connectivity index (χ1v) is 10.2. The summed E-state index contributed by atoms with van der Waals surface area (Å²) in [6, 6.07) is 13.3. The lowest BCUT2D eigenvalue weighted by Crippen LogP contribution is -2.35. The van der Waals surface area contributed by atoms with Gasteiger partial charge in [-0.05, 0) is 63.0 Å². The van der Waals surface area contributed by atoms with Crippen LogP contribution in [0.5, 0.6) is 11.5 Å². The van der Waals surface area contributed by atoms with Crippen LogP contribution in [-0.2, 0) is 9.59 Å². The summed E-state index contributed by atoms with van der Waals surface area (Å²) in [5, 5.41) is 11.0. The van der Waals surface area contributed by atoms with Crippen molar-refractivity contribution in [1.29, 1.82) is 0 Å². The Kier molecular flexibility index (Phi) is 6.97. The average Bonchev–Trinajstić information content (AvgIpc) is 3.02. The SMILES string of the molecule is CCOc1ccc([C@@H]2C(=C(O)c3ccc(OC)cc3)C(=O)C(=O)N2CCN(C)C)cc1. The van der Waals surface area contributed by atoms with Crippen LogP contribution in [0.15, 0.2) is 54.1 Å². The van der Waals surface area contributed by atoms with Gasteiger partial charge in [-0.2, -0.15) is 0 Å². The predicted octanol–water partition coefficient (Wildman–Crippen LogP) is 3.08. The summed E-state index contributed by atoms with van der Waals surface area (Å²) in [6.07, 6.45) is 0. The van der Waals surface area contributed by atoms with E-state index >= 15 is 0 Å². The highest BCUT2D eigenvalue weighted by atomic mass is 16.5. The van der Waals surface area contributed by atoms with Gasteiger partial charge in [-0.1, -0.05) is 12.1 Å². The third-order valence-electron chi connectivity index (χ3n) is 5.20. The van der Waals surface area contributed by atoms with E-state index in [1.54, 1.807) is 43.5 Å². The molecule has 0 aromatic heterocycles. The molecule has 0 spiro atoms. The zero-order valence-electron chi connectivity index (χ0n) is 18.3. The third kappa shape index (κ3) is 4.72. The summed E-state index contributed by atoms with van der Waals surface area (Å²) in [5.74, 6) is -0.174. The number of aliphatic hydroxyl groups excluding tert-OH is 1. The maximum absolute atomic E-state index is 13.0. The van der Waals surface area contributed by atoms with Gasteiger partial charge in [0.1, 0.15) is 17.3 Å². The molecule has 1 heterocycles. The van der Waals surface area contributed by atoms with Crippen molar-refractivity contribution in [3.8, 4) is 11.5 Å². The van der Waals surface area contributed by atoms with Gasteiger partial charge in [-0.25, -0.2) is 0 Å². The third-order valence-corrected chi connectivity index (χ3v) is 5.20. The normalized spacial score (nSPS) is 18.0. The van der Waals surface area contributed by atoms with E-state index in [4.69, 9.17) is 9.47 Å². The number of carbonyl (C=O) groups excluding carboxylic acids is 2. The Hall–Kier alpha value is -3.32. The second-order valence-electron chi connectivity index (χ2n) is 7.53. The van der Waals surface area contributed by atoms with Crippen LogP contribution in [0.3, 0.4) is 0 Å². The van der Waals surface area contributed by atoms with E-state index in [9.17, 15) is 14.7 Å². The van der Waals surface area contributed by atoms with E-state index in [-0.39, 0.29) is 11.3 Å².